The molecule has 0 fully saturated rings. The molecule has 0 saturated carbocycles. The van der Waals surface area contributed by atoms with Crippen molar-refractivity contribution in [3.8, 4) is 0 Å². The van der Waals surface area contributed by atoms with E-state index in [1.165, 1.54) is 5.56 Å². The van der Waals surface area contributed by atoms with Gasteiger partial charge in [-0.05, 0) is 23.9 Å². The summed E-state index contributed by atoms with van der Waals surface area (Å²) in [7, 11) is 0. The number of hydrogen-bond acceptors (Lipinski definition) is 2. The summed E-state index contributed by atoms with van der Waals surface area (Å²) in [6, 6.07) is 10.3. The number of carbonyl (C=O) groups is 1. The Bertz CT molecular complexity index is 346. The van der Waals surface area contributed by atoms with Gasteiger partial charge in [0, 0.05) is 6.54 Å². The summed E-state index contributed by atoms with van der Waals surface area (Å²) in [5.41, 5.74) is 1.11. The number of hydrogen-bond donors (Lipinski definition) is 2. The molecule has 0 atom stereocenters. The van der Waals surface area contributed by atoms with Crippen molar-refractivity contribution in [1.29, 1.82) is 0 Å². The summed E-state index contributed by atoms with van der Waals surface area (Å²) in [4.78, 5) is 10.6. The number of aliphatic carboxylic acids is 1. The molecule has 0 aromatic heterocycles. The summed E-state index contributed by atoms with van der Waals surface area (Å²) < 4.78 is 0. The number of rotatable bonds is 7. The van der Waals surface area contributed by atoms with Crippen LogP contribution in [-0.4, -0.2) is 24.2 Å². The average Bonchev–Trinajstić information content (AvgIpc) is 2.24. The van der Waals surface area contributed by atoms with E-state index >= 15 is 0 Å². The molecule has 0 unspecified atom stereocenters. The molecule has 17 heavy (non-hydrogen) atoms. The second-order valence-electron chi connectivity index (χ2n) is 5.15. The second-order valence-corrected chi connectivity index (χ2v) is 5.15. The molecule has 0 amide bonds. The van der Waals surface area contributed by atoms with Crippen molar-refractivity contribution in [2.45, 2.75) is 26.7 Å². The summed E-state index contributed by atoms with van der Waals surface area (Å²) in [5, 5.41) is 12.1. The monoisotopic (exact) mass is 235 g/mol. The van der Waals surface area contributed by atoms with Gasteiger partial charge < -0.3 is 10.4 Å². The smallest absolute Gasteiger partial charge is 0.303 e. The molecule has 0 saturated heterocycles. The van der Waals surface area contributed by atoms with Crippen molar-refractivity contribution in [2.24, 2.45) is 5.41 Å². The molecule has 0 bridgehead atoms. The lowest BCUT2D eigenvalue weighted by Crippen LogP contribution is -2.32. The van der Waals surface area contributed by atoms with Gasteiger partial charge in [0.2, 0.25) is 0 Å². The third-order valence-electron chi connectivity index (χ3n) is 2.67. The van der Waals surface area contributed by atoms with Crippen molar-refractivity contribution >= 4 is 5.97 Å². The molecule has 0 spiro atoms. The molecule has 3 heteroatoms. The average molecular weight is 235 g/mol. The van der Waals surface area contributed by atoms with Gasteiger partial charge in [-0.25, -0.2) is 0 Å². The predicted molar refractivity (Wildman–Crippen MR) is 69.0 cm³/mol. The highest BCUT2D eigenvalue weighted by Crippen LogP contribution is 2.18. The van der Waals surface area contributed by atoms with Crippen molar-refractivity contribution in [2.75, 3.05) is 13.1 Å². The van der Waals surface area contributed by atoms with E-state index in [1.54, 1.807) is 0 Å². The van der Waals surface area contributed by atoms with E-state index in [1.807, 2.05) is 32.0 Å². The van der Waals surface area contributed by atoms with Crippen molar-refractivity contribution in [1.82, 2.24) is 5.32 Å². The van der Waals surface area contributed by atoms with E-state index in [9.17, 15) is 4.79 Å². The first-order valence-corrected chi connectivity index (χ1v) is 5.96. The molecule has 0 heterocycles. The molecule has 1 rings (SSSR count). The van der Waals surface area contributed by atoms with E-state index in [-0.39, 0.29) is 11.8 Å². The van der Waals surface area contributed by atoms with Crippen LogP contribution in [-0.2, 0) is 11.2 Å². The van der Waals surface area contributed by atoms with Gasteiger partial charge >= 0.3 is 5.97 Å². The number of carboxylic acids is 1. The summed E-state index contributed by atoms with van der Waals surface area (Å²) >= 11 is 0. The zero-order valence-electron chi connectivity index (χ0n) is 10.6. The van der Waals surface area contributed by atoms with Crippen molar-refractivity contribution < 1.29 is 9.90 Å². The number of nitrogens with one attached hydrogen (secondary N) is 1. The Kier molecular flexibility index (Phi) is 5.16. The van der Waals surface area contributed by atoms with Gasteiger partial charge in [-0.15, -0.1) is 0 Å². The van der Waals surface area contributed by atoms with E-state index in [0.717, 1.165) is 19.5 Å². The fourth-order valence-corrected chi connectivity index (χ4v) is 1.78. The first-order chi connectivity index (χ1) is 7.99. The van der Waals surface area contributed by atoms with Crippen LogP contribution in [0, 0.1) is 5.41 Å². The van der Waals surface area contributed by atoms with Gasteiger partial charge in [0.15, 0.2) is 0 Å². The predicted octanol–water partition coefficient (Wildman–Crippen LogP) is 2.32. The zero-order valence-corrected chi connectivity index (χ0v) is 10.6. The Labute approximate surface area is 103 Å². The molecule has 0 aliphatic heterocycles. The maximum atomic E-state index is 10.6. The van der Waals surface area contributed by atoms with Crippen LogP contribution in [0.25, 0.3) is 0 Å². The summed E-state index contributed by atoms with van der Waals surface area (Å²) in [6.07, 6.45) is 1.18. The van der Waals surface area contributed by atoms with Gasteiger partial charge in [-0.2, -0.15) is 0 Å². The van der Waals surface area contributed by atoms with E-state index in [4.69, 9.17) is 5.11 Å². The molecule has 0 radical (unpaired) electrons. The minimum absolute atomic E-state index is 0.192. The quantitative estimate of drug-likeness (QED) is 0.713. The minimum Gasteiger partial charge on any atom is -0.481 e. The van der Waals surface area contributed by atoms with E-state index in [2.05, 4.69) is 17.4 Å². The first kappa shape index (κ1) is 13.7. The highest BCUT2D eigenvalue weighted by molar-refractivity contribution is 5.67. The molecule has 1 aromatic rings. The lowest BCUT2D eigenvalue weighted by molar-refractivity contribution is -0.139. The Morgan fingerprint density at radius 1 is 1.29 bits per heavy atom. The molecule has 2 N–H and O–H groups in total. The highest BCUT2D eigenvalue weighted by atomic mass is 16.4. The van der Waals surface area contributed by atoms with Gasteiger partial charge in [-0.3, -0.25) is 4.79 Å². The fraction of sp³-hybridized carbons (Fsp3) is 0.500. The van der Waals surface area contributed by atoms with Gasteiger partial charge in [0.1, 0.15) is 0 Å². The number of carboxylic acid groups (broad SMARTS) is 1. The van der Waals surface area contributed by atoms with Crippen molar-refractivity contribution in [3.63, 3.8) is 0 Å². The third kappa shape index (κ3) is 6.07. The molecular weight excluding hydrogens is 214 g/mol. The maximum absolute atomic E-state index is 10.6. The van der Waals surface area contributed by atoms with Crippen LogP contribution in [0.2, 0.25) is 0 Å². The SMILES string of the molecule is CC(C)(CNCCc1ccccc1)CC(=O)O. The van der Waals surface area contributed by atoms with Gasteiger partial charge in [0.05, 0.1) is 6.42 Å². The normalized spacial score (nSPS) is 11.4. The van der Waals surface area contributed by atoms with Crippen LogP contribution in [0.15, 0.2) is 30.3 Å². The topological polar surface area (TPSA) is 49.3 Å². The van der Waals surface area contributed by atoms with E-state index < -0.39 is 5.97 Å². The van der Waals surface area contributed by atoms with Crippen LogP contribution in [0.5, 0.6) is 0 Å². The van der Waals surface area contributed by atoms with Gasteiger partial charge in [0.25, 0.3) is 0 Å². The van der Waals surface area contributed by atoms with Crippen LogP contribution < -0.4 is 5.32 Å². The Morgan fingerprint density at radius 3 is 2.53 bits per heavy atom. The Morgan fingerprint density at radius 2 is 1.94 bits per heavy atom. The molecule has 0 aliphatic carbocycles. The van der Waals surface area contributed by atoms with Crippen molar-refractivity contribution in [3.05, 3.63) is 35.9 Å². The van der Waals surface area contributed by atoms with Crippen LogP contribution in [0.1, 0.15) is 25.8 Å². The molecular formula is C14H21NO2. The minimum atomic E-state index is -0.736. The molecule has 1 aromatic carbocycles. The lowest BCUT2D eigenvalue weighted by atomic mass is 9.89. The van der Waals surface area contributed by atoms with E-state index in [0.29, 0.717) is 0 Å². The first-order valence-electron chi connectivity index (χ1n) is 5.96. The Balaban J connectivity index is 2.22. The lowest BCUT2D eigenvalue weighted by Gasteiger charge is -2.22. The molecule has 3 nitrogen and oxygen atoms in total. The standard InChI is InChI=1S/C14H21NO2/c1-14(2,10-13(16)17)11-15-9-8-12-6-4-3-5-7-12/h3-7,15H,8-11H2,1-2H3,(H,16,17). The Hall–Kier alpha value is -1.35. The fourth-order valence-electron chi connectivity index (χ4n) is 1.78. The number of benzene rings is 1. The summed E-state index contributed by atoms with van der Waals surface area (Å²) in [5.74, 6) is -0.736. The maximum Gasteiger partial charge on any atom is 0.303 e. The molecule has 94 valence electrons. The zero-order chi connectivity index (χ0) is 12.7. The second kappa shape index (κ2) is 6.40. The third-order valence-corrected chi connectivity index (χ3v) is 2.67. The summed E-state index contributed by atoms with van der Waals surface area (Å²) in [6.45, 7) is 5.55. The highest BCUT2D eigenvalue weighted by Gasteiger charge is 2.20. The molecule has 0 aliphatic rings. The van der Waals surface area contributed by atoms with Crippen LogP contribution in [0.3, 0.4) is 0 Å². The van der Waals surface area contributed by atoms with Crippen LogP contribution >= 0.6 is 0 Å². The van der Waals surface area contributed by atoms with Gasteiger partial charge in [-0.1, -0.05) is 44.2 Å². The van der Waals surface area contributed by atoms with Crippen LogP contribution in [0.4, 0.5) is 0 Å². The largest absolute Gasteiger partial charge is 0.481 e.